The van der Waals surface area contributed by atoms with E-state index in [0.717, 1.165) is 30.7 Å². The Balaban J connectivity index is 1.52. The zero-order chi connectivity index (χ0) is 21.2. The molecule has 1 aliphatic heterocycles. The first kappa shape index (κ1) is 21.8. The maximum atomic E-state index is 12.7. The summed E-state index contributed by atoms with van der Waals surface area (Å²) >= 11 is 0. The summed E-state index contributed by atoms with van der Waals surface area (Å²) in [5.74, 6) is 0.780. The minimum absolute atomic E-state index is 0.00984. The lowest BCUT2D eigenvalue weighted by Gasteiger charge is -2.22. The van der Waals surface area contributed by atoms with E-state index < -0.39 is 0 Å². The minimum atomic E-state index is -0.00984. The van der Waals surface area contributed by atoms with Crippen molar-refractivity contribution in [1.29, 1.82) is 0 Å². The van der Waals surface area contributed by atoms with Crippen LogP contribution in [0.4, 0.5) is 0 Å². The molecular formula is C24H31N3O3. The number of ether oxygens (including phenoxy) is 1. The third kappa shape index (κ3) is 6.59. The van der Waals surface area contributed by atoms with Crippen molar-refractivity contribution < 1.29 is 14.3 Å². The molecule has 1 heterocycles. The monoisotopic (exact) mass is 409 g/mol. The number of para-hydroxylation sites is 1. The van der Waals surface area contributed by atoms with Crippen molar-refractivity contribution in [3.63, 3.8) is 0 Å². The maximum absolute atomic E-state index is 12.7. The molecule has 2 aromatic rings. The highest BCUT2D eigenvalue weighted by Crippen LogP contribution is 2.21. The van der Waals surface area contributed by atoms with Gasteiger partial charge in [0.1, 0.15) is 5.75 Å². The van der Waals surface area contributed by atoms with Gasteiger partial charge in [0.05, 0.1) is 6.54 Å². The summed E-state index contributed by atoms with van der Waals surface area (Å²) in [4.78, 5) is 28.5. The van der Waals surface area contributed by atoms with Gasteiger partial charge in [0.25, 0.3) is 5.91 Å². The standard InChI is InChI=1S/C24H31N3O3/c1-2-25-23(28)18-26-13-8-14-27(16-15-26)24(29)19-30-22-12-7-6-11-21(22)17-20-9-4-3-5-10-20/h3-7,9-12H,2,8,13-19H2,1H3,(H,25,28). The van der Waals surface area contributed by atoms with Crippen molar-refractivity contribution in [2.75, 3.05) is 45.9 Å². The first-order valence-electron chi connectivity index (χ1n) is 10.7. The first-order chi connectivity index (χ1) is 14.7. The molecule has 2 aromatic carbocycles. The summed E-state index contributed by atoms with van der Waals surface area (Å²) in [7, 11) is 0. The fourth-order valence-electron chi connectivity index (χ4n) is 3.67. The van der Waals surface area contributed by atoms with Crippen molar-refractivity contribution in [3.05, 3.63) is 65.7 Å². The number of amides is 2. The van der Waals surface area contributed by atoms with Gasteiger partial charge in [-0.25, -0.2) is 0 Å². The molecular weight excluding hydrogens is 378 g/mol. The molecule has 1 fully saturated rings. The second-order valence-corrected chi connectivity index (χ2v) is 7.52. The van der Waals surface area contributed by atoms with Crippen molar-refractivity contribution in [2.24, 2.45) is 0 Å². The van der Waals surface area contributed by atoms with Crippen LogP contribution in [-0.4, -0.2) is 67.5 Å². The maximum Gasteiger partial charge on any atom is 0.260 e. The number of carbonyl (C=O) groups excluding carboxylic acids is 2. The summed E-state index contributed by atoms with van der Waals surface area (Å²) in [6.07, 6.45) is 1.62. The van der Waals surface area contributed by atoms with Gasteiger partial charge in [-0.1, -0.05) is 48.5 Å². The number of benzene rings is 2. The Morgan fingerprint density at radius 2 is 1.73 bits per heavy atom. The lowest BCUT2D eigenvalue weighted by molar-refractivity contribution is -0.133. The van der Waals surface area contributed by atoms with Gasteiger partial charge in [0.2, 0.25) is 5.91 Å². The van der Waals surface area contributed by atoms with E-state index in [4.69, 9.17) is 4.74 Å². The molecule has 1 aliphatic rings. The number of hydrogen-bond donors (Lipinski definition) is 1. The van der Waals surface area contributed by atoms with Gasteiger partial charge in [0.15, 0.2) is 6.61 Å². The third-order valence-electron chi connectivity index (χ3n) is 5.24. The summed E-state index contributed by atoms with van der Waals surface area (Å²) in [6, 6.07) is 18.1. The second-order valence-electron chi connectivity index (χ2n) is 7.52. The number of nitrogens with zero attached hydrogens (tertiary/aromatic N) is 2. The van der Waals surface area contributed by atoms with Crippen molar-refractivity contribution in [2.45, 2.75) is 19.8 Å². The molecule has 0 bridgehead atoms. The second kappa shape index (κ2) is 11.4. The van der Waals surface area contributed by atoms with Crippen molar-refractivity contribution >= 4 is 11.8 Å². The Kier molecular flexibility index (Phi) is 8.27. The number of likely N-dealkylation sites (N-methyl/N-ethyl adjacent to an activating group) is 1. The first-order valence-corrected chi connectivity index (χ1v) is 10.7. The zero-order valence-electron chi connectivity index (χ0n) is 17.7. The Hall–Kier alpha value is -2.86. The minimum Gasteiger partial charge on any atom is -0.483 e. The molecule has 6 nitrogen and oxygen atoms in total. The lowest BCUT2D eigenvalue weighted by atomic mass is 10.0. The van der Waals surface area contributed by atoms with E-state index in [2.05, 4.69) is 22.3 Å². The number of carbonyl (C=O) groups is 2. The molecule has 0 spiro atoms. The molecule has 2 amide bonds. The molecule has 160 valence electrons. The molecule has 30 heavy (non-hydrogen) atoms. The van der Waals surface area contributed by atoms with Gasteiger partial charge in [-0.05, 0) is 30.5 Å². The molecule has 0 unspecified atom stereocenters. The SMILES string of the molecule is CCNC(=O)CN1CCCN(C(=O)COc2ccccc2Cc2ccccc2)CC1. The predicted octanol–water partition coefficient (Wildman–Crippen LogP) is 2.33. The van der Waals surface area contributed by atoms with Crippen LogP contribution >= 0.6 is 0 Å². The van der Waals surface area contributed by atoms with Crippen LogP contribution in [0, 0.1) is 0 Å². The Bertz CT molecular complexity index is 825. The predicted molar refractivity (Wildman–Crippen MR) is 118 cm³/mol. The van der Waals surface area contributed by atoms with E-state index in [1.807, 2.05) is 54.3 Å². The smallest absolute Gasteiger partial charge is 0.260 e. The summed E-state index contributed by atoms with van der Waals surface area (Å²) in [5.41, 5.74) is 2.28. The number of nitrogens with one attached hydrogen (secondary N) is 1. The van der Waals surface area contributed by atoms with E-state index in [1.165, 1.54) is 5.56 Å². The van der Waals surface area contributed by atoms with Crippen LogP contribution in [0.15, 0.2) is 54.6 Å². The van der Waals surface area contributed by atoms with Crippen LogP contribution in [0.3, 0.4) is 0 Å². The average Bonchev–Trinajstić information content (AvgIpc) is 2.99. The van der Waals surface area contributed by atoms with Crippen LogP contribution in [0.25, 0.3) is 0 Å². The van der Waals surface area contributed by atoms with Crippen molar-refractivity contribution in [1.82, 2.24) is 15.1 Å². The Morgan fingerprint density at radius 1 is 0.967 bits per heavy atom. The summed E-state index contributed by atoms with van der Waals surface area (Å²) < 4.78 is 5.92. The molecule has 1 saturated heterocycles. The highest BCUT2D eigenvalue weighted by molar-refractivity contribution is 5.78. The van der Waals surface area contributed by atoms with Crippen LogP contribution in [-0.2, 0) is 16.0 Å². The Labute approximate surface area is 178 Å². The van der Waals surface area contributed by atoms with E-state index in [9.17, 15) is 9.59 Å². The van der Waals surface area contributed by atoms with Crippen LogP contribution in [0.2, 0.25) is 0 Å². The largest absolute Gasteiger partial charge is 0.483 e. The van der Waals surface area contributed by atoms with Gasteiger partial charge in [-0.3, -0.25) is 14.5 Å². The molecule has 0 radical (unpaired) electrons. The lowest BCUT2D eigenvalue weighted by Crippen LogP contribution is -2.40. The molecule has 3 rings (SSSR count). The molecule has 0 aliphatic carbocycles. The zero-order valence-corrected chi connectivity index (χ0v) is 17.7. The molecule has 6 heteroatoms. The van der Waals surface area contributed by atoms with Crippen LogP contribution < -0.4 is 10.1 Å². The number of rotatable bonds is 8. The molecule has 1 N–H and O–H groups in total. The van der Waals surface area contributed by atoms with Gasteiger partial charge in [-0.2, -0.15) is 0 Å². The number of hydrogen-bond acceptors (Lipinski definition) is 4. The van der Waals surface area contributed by atoms with Crippen molar-refractivity contribution in [3.8, 4) is 5.75 Å². The van der Waals surface area contributed by atoms with Gasteiger partial charge in [-0.15, -0.1) is 0 Å². The van der Waals surface area contributed by atoms with E-state index in [1.54, 1.807) is 0 Å². The van der Waals surface area contributed by atoms with Crippen LogP contribution in [0.1, 0.15) is 24.5 Å². The highest BCUT2D eigenvalue weighted by Gasteiger charge is 2.21. The summed E-state index contributed by atoms with van der Waals surface area (Å²) in [6.45, 7) is 5.81. The topological polar surface area (TPSA) is 61.9 Å². The van der Waals surface area contributed by atoms with E-state index in [-0.39, 0.29) is 18.4 Å². The fourth-order valence-corrected chi connectivity index (χ4v) is 3.67. The third-order valence-corrected chi connectivity index (χ3v) is 5.24. The van der Waals surface area contributed by atoms with Gasteiger partial charge < -0.3 is 15.0 Å². The van der Waals surface area contributed by atoms with E-state index >= 15 is 0 Å². The molecule has 0 aromatic heterocycles. The highest BCUT2D eigenvalue weighted by atomic mass is 16.5. The normalized spacial score (nSPS) is 14.8. The summed E-state index contributed by atoms with van der Waals surface area (Å²) in [5, 5.41) is 2.83. The average molecular weight is 410 g/mol. The quantitative estimate of drug-likeness (QED) is 0.727. The van der Waals surface area contributed by atoms with Gasteiger partial charge >= 0.3 is 0 Å². The van der Waals surface area contributed by atoms with E-state index in [0.29, 0.717) is 32.7 Å². The van der Waals surface area contributed by atoms with Crippen LogP contribution in [0.5, 0.6) is 5.75 Å². The molecule has 0 saturated carbocycles. The Morgan fingerprint density at radius 3 is 2.53 bits per heavy atom. The fraction of sp³-hybridized carbons (Fsp3) is 0.417. The molecule has 0 atom stereocenters. The van der Waals surface area contributed by atoms with Gasteiger partial charge in [0, 0.05) is 39.1 Å².